The summed E-state index contributed by atoms with van der Waals surface area (Å²) in [5.41, 5.74) is 15.8. The Bertz CT molecular complexity index is 1290. The fraction of sp³-hybridized carbons (Fsp3) is 0.167. The average molecular weight is 589 g/mol. The minimum atomic E-state index is -2.34. The van der Waals surface area contributed by atoms with E-state index in [1.54, 1.807) is 0 Å². The van der Waals surface area contributed by atoms with Gasteiger partial charge in [-0.25, -0.2) is 0 Å². The highest BCUT2D eigenvalue weighted by molar-refractivity contribution is 7.08. The van der Waals surface area contributed by atoms with Crippen LogP contribution in [-0.2, 0) is 0 Å². The normalized spacial score (nSPS) is 13.4. The van der Waals surface area contributed by atoms with E-state index in [0.717, 1.165) is 0 Å². The molecule has 40 heavy (non-hydrogen) atoms. The summed E-state index contributed by atoms with van der Waals surface area (Å²) in [6, 6.07) is 44.6. The molecule has 0 spiro atoms. The van der Waals surface area contributed by atoms with Crippen molar-refractivity contribution in [2.24, 2.45) is 0 Å². The first kappa shape index (κ1) is 29.9. The van der Waals surface area contributed by atoms with Gasteiger partial charge in [0.1, 0.15) is 24.2 Å². The smallest absolute Gasteiger partial charge is 0.0972 e. The van der Waals surface area contributed by atoms with Crippen LogP contribution < -0.4 is 20.7 Å². The summed E-state index contributed by atoms with van der Waals surface area (Å²) in [5, 5.41) is 5.89. The molecule has 204 valence electrons. The molecule has 4 aromatic rings. The van der Waals surface area contributed by atoms with E-state index in [9.17, 15) is 0 Å². The second-order valence-electron chi connectivity index (χ2n) is 12.6. The molecule has 0 aromatic heterocycles. The largest absolute Gasteiger partial charge is 0.155 e. The van der Waals surface area contributed by atoms with Gasteiger partial charge in [-0.1, -0.05) is 210 Å². The maximum atomic E-state index is 2.65. The molecule has 4 aromatic carbocycles. The first-order valence-electron chi connectivity index (χ1n) is 14.4. The molecule has 0 aliphatic carbocycles. The Morgan fingerprint density at radius 1 is 0.300 bits per heavy atom. The van der Waals surface area contributed by atoms with Crippen molar-refractivity contribution in [3.63, 3.8) is 0 Å². The van der Waals surface area contributed by atoms with Gasteiger partial charge in [0.25, 0.3) is 0 Å². The minimum absolute atomic E-state index is 1.45. The number of rotatable bonds is 10. The van der Waals surface area contributed by atoms with Crippen molar-refractivity contribution in [3.8, 4) is 0 Å². The van der Waals surface area contributed by atoms with Crippen LogP contribution in [0.2, 0.25) is 39.3 Å². The van der Waals surface area contributed by atoms with Crippen LogP contribution in [0.1, 0.15) is 0 Å². The average Bonchev–Trinajstić information content (AvgIpc) is 2.99. The maximum absolute atomic E-state index is 2.65. The summed E-state index contributed by atoms with van der Waals surface area (Å²) in [6.07, 6.45) is 0. The first-order valence-corrected chi connectivity index (χ1v) is 25.8. The van der Waals surface area contributed by atoms with Gasteiger partial charge >= 0.3 is 0 Å². The van der Waals surface area contributed by atoms with Crippen LogP contribution in [0.4, 0.5) is 0 Å². The SMILES string of the molecule is C[Si](C)(/C=C/[Si](/C=C/[Si](C)(C)c1ccccc1)(/C=C/[Si](C)(C)c1ccccc1)c1ccccc1)c1ccccc1. The van der Waals surface area contributed by atoms with Gasteiger partial charge in [-0.2, -0.15) is 0 Å². The lowest BCUT2D eigenvalue weighted by Crippen LogP contribution is -2.49. The summed E-state index contributed by atoms with van der Waals surface area (Å²) in [4.78, 5) is 0. The zero-order valence-corrected chi connectivity index (χ0v) is 29.0. The minimum Gasteiger partial charge on any atom is -0.0972 e. The van der Waals surface area contributed by atoms with Crippen LogP contribution >= 0.6 is 0 Å². The van der Waals surface area contributed by atoms with E-state index in [1.807, 2.05) is 0 Å². The van der Waals surface area contributed by atoms with Gasteiger partial charge in [0.05, 0.1) is 0 Å². The Hall–Kier alpha value is -3.03. The quantitative estimate of drug-likeness (QED) is 0.174. The van der Waals surface area contributed by atoms with E-state index >= 15 is 0 Å². The number of hydrogen-bond donors (Lipinski definition) is 0. The third-order valence-corrected chi connectivity index (χ3v) is 21.1. The summed E-state index contributed by atoms with van der Waals surface area (Å²) in [5.74, 6) is 0. The van der Waals surface area contributed by atoms with Gasteiger partial charge in [-0.3, -0.25) is 0 Å². The Morgan fingerprint density at radius 3 is 0.775 bits per heavy atom. The van der Waals surface area contributed by atoms with Crippen LogP contribution in [0.3, 0.4) is 0 Å². The third kappa shape index (κ3) is 7.37. The van der Waals surface area contributed by atoms with Gasteiger partial charge in [0, 0.05) is 0 Å². The lowest BCUT2D eigenvalue weighted by Gasteiger charge is -2.29. The zero-order chi connectivity index (χ0) is 28.7. The van der Waals surface area contributed by atoms with E-state index in [2.05, 4.69) is 195 Å². The van der Waals surface area contributed by atoms with Crippen LogP contribution in [0.5, 0.6) is 0 Å². The number of benzene rings is 4. The fourth-order valence-electron chi connectivity index (χ4n) is 5.11. The highest BCUT2D eigenvalue weighted by Crippen LogP contribution is 2.19. The van der Waals surface area contributed by atoms with Crippen molar-refractivity contribution in [2.45, 2.75) is 39.3 Å². The van der Waals surface area contributed by atoms with Crippen molar-refractivity contribution in [1.82, 2.24) is 0 Å². The van der Waals surface area contributed by atoms with Gasteiger partial charge < -0.3 is 0 Å². The van der Waals surface area contributed by atoms with Crippen LogP contribution in [0.25, 0.3) is 0 Å². The second-order valence-corrected chi connectivity index (χ2v) is 29.1. The molecule has 4 rings (SSSR count). The van der Waals surface area contributed by atoms with Crippen LogP contribution in [-0.4, -0.2) is 32.3 Å². The lowest BCUT2D eigenvalue weighted by molar-refractivity contribution is 1.69. The Kier molecular flexibility index (Phi) is 9.47. The fourth-order valence-corrected chi connectivity index (χ4v) is 18.8. The molecule has 0 N–H and O–H groups in total. The van der Waals surface area contributed by atoms with Gasteiger partial charge in [0.2, 0.25) is 0 Å². The van der Waals surface area contributed by atoms with Gasteiger partial charge in [-0.05, 0) is 5.19 Å². The monoisotopic (exact) mass is 588 g/mol. The van der Waals surface area contributed by atoms with E-state index in [1.165, 1.54) is 20.7 Å². The predicted octanol–water partition coefficient (Wildman–Crippen LogP) is 7.09. The van der Waals surface area contributed by atoms with E-state index in [0.29, 0.717) is 0 Å². The Morgan fingerprint density at radius 2 is 0.525 bits per heavy atom. The Balaban J connectivity index is 1.89. The maximum Gasteiger partial charge on any atom is 0.155 e. The number of hydrogen-bond acceptors (Lipinski definition) is 0. The molecule has 0 unspecified atom stereocenters. The predicted molar refractivity (Wildman–Crippen MR) is 190 cm³/mol. The molecule has 0 saturated heterocycles. The molecular formula is C36H44Si4. The molecule has 0 aliphatic heterocycles. The third-order valence-electron chi connectivity index (χ3n) is 8.15. The molecule has 0 atom stereocenters. The second kappa shape index (κ2) is 12.6. The highest BCUT2D eigenvalue weighted by atomic mass is 28.3. The molecule has 0 aliphatic rings. The summed E-state index contributed by atoms with van der Waals surface area (Å²) in [6.45, 7) is 14.8. The van der Waals surface area contributed by atoms with E-state index < -0.39 is 32.3 Å². The van der Waals surface area contributed by atoms with Gasteiger partial charge in [0.15, 0.2) is 8.07 Å². The molecule has 0 bridgehead atoms. The summed E-state index contributed by atoms with van der Waals surface area (Å²) < 4.78 is 0. The topological polar surface area (TPSA) is 0 Å². The Labute approximate surface area is 246 Å². The van der Waals surface area contributed by atoms with Crippen molar-refractivity contribution >= 4 is 53.0 Å². The summed E-state index contributed by atoms with van der Waals surface area (Å²) in [7, 11) is -7.71. The van der Waals surface area contributed by atoms with Crippen molar-refractivity contribution in [2.75, 3.05) is 0 Å². The standard InChI is InChI=1S/C36H44Si4/c1-37(2,33-19-11-7-12-20-33)27-30-40(36-25-17-10-18-26-36,31-28-38(3,4)34-21-13-8-14-22-34)32-29-39(5,6)35-23-15-9-16-24-35/h7-32H,1-6H3/b30-27+,31-28+,32-29+. The molecule has 0 saturated carbocycles. The molecule has 4 heteroatoms. The van der Waals surface area contributed by atoms with Crippen LogP contribution in [0.15, 0.2) is 156 Å². The zero-order valence-electron chi connectivity index (χ0n) is 25.0. The first-order chi connectivity index (χ1) is 19.0. The molecule has 0 fully saturated rings. The van der Waals surface area contributed by atoms with Gasteiger partial charge in [-0.15, -0.1) is 0 Å². The van der Waals surface area contributed by atoms with E-state index in [-0.39, 0.29) is 0 Å². The molecule has 0 amide bonds. The van der Waals surface area contributed by atoms with Crippen molar-refractivity contribution < 1.29 is 0 Å². The lowest BCUT2D eigenvalue weighted by atomic mass is 10.4. The van der Waals surface area contributed by atoms with Crippen molar-refractivity contribution in [1.29, 1.82) is 0 Å². The molecule has 0 nitrogen and oxygen atoms in total. The molecule has 0 radical (unpaired) electrons. The highest BCUT2D eigenvalue weighted by Gasteiger charge is 2.32. The van der Waals surface area contributed by atoms with Crippen molar-refractivity contribution in [3.05, 3.63) is 156 Å². The molecular weight excluding hydrogens is 545 g/mol. The van der Waals surface area contributed by atoms with E-state index in [4.69, 9.17) is 0 Å². The van der Waals surface area contributed by atoms with Crippen LogP contribution in [0, 0.1) is 0 Å². The molecule has 0 heterocycles. The summed E-state index contributed by atoms with van der Waals surface area (Å²) >= 11 is 0.